The van der Waals surface area contributed by atoms with Gasteiger partial charge in [-0.15, -0.1) is 11.3 Å². The Bertz CT molecular complexity index is 624. The van der Waals surface area contributed by atoms with E-state index >= 15 is 0 Å². The molecule has 110 valence electrons. The third-order valence-electron chi connectivity index (χ3n) is 2.52. The van der Waals surface area contributed by atoms with E-state index in [4.69, 9.17) is 5.11 Å². The van der Waals surface area contributed by atoms with Crippen LogP contribution in [0.15, 0.2) is 35.2 Å². The number of carboxylic acid groups (broad SMARTS) is 1. The van der Waals surface area contributed by atoms with Crippen molar-refractivity contribution in [2.75, 3.05) is 0 Å². The SMILES string of the molecule is CC(=O)NC1(C=Cc2cc(C=CC(=O)O)cs2)NC=CS1. The van der Waals surface area contributed by atoms with Crippen LogP contribution in [0.1, 0.15) is 17.4 Å². The lowest BCUT2D eigenvalue weighted by molar-refractivity contribution is -0.131. The second-order valence-corrected chi connectivity index (χ2v) is 6.36. The number of amides is 1. The number of nitrogens with one attached hydrogen (secondary N) is 2. The Kier molecular flexibility index (Phi) is 4.87. The molecular formula is C14H14N2O3S2. The fraction of sp³-hybridized carbons (Fsp3) is 0.143. The minimum absolute atomic E-state index is 0.125. The average Bonchev–Trinajstić information content (AvgIpc) is 3.03. The van der Waals surface area contributed by atoms with Crippen molar-refractivity contribution in [3.63, 3.8) is 0 Å². The monoisotopic (exact) mass is 322 g/mol. The molecule has 0 bridgehead atoms. The zero-order chi connectivity index (χ0) is 15.3. The molecule has 3 N–H and O–H groups in total. The third-order valence-corrected chi connectivity index (χ3v) is 4.44. The van der Waals surface area contributed by atoms with Gasteiger partial charge in [-0.25, -0.2) is 4.79 Å². The van der Waals surface area contributed by atoms with Gasteiger partial charge in [0.1, 0.15) is 0 Å². The van der Waals surface area contributed by atoms with Crippen LogP contribution in [0, 0.1) is 0 Å². The van der Waals surface area contributed by atoms with E-state index in [2.05, 4.69) is 10.6 Å². The highest BCUT2D eigenvalue weighted by molar-refractivity contribution is 8.03. The number of hydrogen-bond donors (Lipinski definition) is 3. The number of aliphatic carboxylic acids is 1. The van der Waals surface area contributed by atoms with Crippen LogP contribution < -0.4 is 10.6 Å². The Morgan fingerprint density at radius 1 is 1.43 bits per heavy atom. The van der Waals surface area contributed by atoms with Gasteiger partial charge in [0, 0.05) is 24.1 Å². The molecule has 0 saturated heterocycles. The molecule has 1 aromatic rings. The van der Waals surface area contributed by atoms with Crippen molar-refractivity contribution >= 4 is 47.1 Å². The topological polar surface area (TPSA) is 78.4 Å². The van der Waals surface area contributed by atoms with E-state index in [1.54, 1.807) is 12.3 Å². The van der Waals surface area contributed by atoms with Gasteiger partial charge in [0.2, 0.25) is 5.91 Å². The van der Waals surface area contributed by atoms with Gasteiger partial charge in [-0.05, 0) is 40.6 Å². The van der Waals surface area contributed by atoms with E-state index in [1.807, 2.05) is 29.0 Å². The fourth-order valence-corrected chi connectivity index (χ4v) is 3.31. The van der Waals surface area contributed by atoms with E-state index in [-0.39, 0.29) is 5.91 Å². The number of carboxylic acids is 1. The Morgan fingerprint density at radius 3 is 2.86 bits per heavy atom. The molecule has 1 aromatic heterocycles. The maximum Gasteiger partial charge on any atom is 0.328 e. The first kappa shape index (κ1) is 15.4. The molecule has 0 fully saturated rings. The van der Waals surface area contributed by atoms with Crippen LogP contribution in [0.25, 0.3) is 12.2 Å². The number of hydrogen-bond acceptors (Lipinski definition) is 5. The summed E-state index contributed by atoms with van der Waals surface area (Å²) in [7, 11) is 0. The first-order chi connectivity index (χ1) is 9.99. The number of thiophene rings is 1. The Morgan fingerprint density at radius 2 is 2.24 bits per heavy atom. The molecule has 0 aromatic carbocycles. The summed E-state index contributed by atoms with van der Waals surface area (Å²) in [6, 6.07) is 1.88. The maximum atomic E-state index is 11.3. The summed E-state index contributed by atoms with van der Waals surface area (Å²) in [5.74, 6) is -1.10. The second-order valence-electron chi connectivity index (χ2n) is 4.27. The van der Waals surface area contributed by atoms with Gasteiger partial charge in [-0.3, -0.25) is 4.79 Å². The number of carbonyl (C=O) groups is 2. The van der Waals surface area contributed by atoms with E-state index in [0.717, 1.165) is 16.5 Å². The van der Waals surface area contributed by atoms with Crippen LogP contribution in [0.4, 0.5) is 0 Å². The largest absolute Gasteiger partial charge is 0.478 e. The molecule has 7 heteroatoms. The van der Waals surface area contributed by atoms with Gasteiger partial charge in [0.25, 0.3) is 0 Å². The summed E-state index contributed by atoms with van der Waals surface area (Å²) in [5, 5.41) is 18.3. The molecule has 1 unspecified atom stereocenters. The maximum absolute atomic E-state index is 11.3. The molecule has 2 heterocycles. The van der Waals surface area contributed by atoms with Crippen LogP contribution in [-0.2, 0) is 9.59 Å². The van der Waals surface area contributed by atoms with Crippen molar-refractivity contribution in [1.82, 2.24) is 10.6 Å². The van der Waals surface area contributed by atoms with Gasteiger partial charge in [-0.1, -0.05) is 11.8 Å². The van der Waals surface area contributed by atoms with Gasteiger partial charge in [0.05, 0.1) is 0 Å². The van der Waals surface area contributed by atoms with Crippen LogP contribution in [0.3, 0.4) is 0 Å². The van der Waals surface area contributed by atoms with Gasteiger partial charge < -0.3 is 15.7 Å². The average molecular weight is 322 g/mol. The van der Waals surface area contributed by atoms with Gasteiger partial charge in [0.15, 0.2) is 4.99 Å². The molecule has 0 saturated carbocycles. The van der Waals surface area contributed by atoms with E-state index in [9.17, 15) is 9.59 Å². The molecule has 1 aliphatic rings. The number of carbonyl (C=O) groups excluding carboxylic acids is 1. The summed E-state index contributed by atoms with van der Waals surface area (Å²) in [4.78, 5) is 22.1. The van der Waals surface area contributed by atoms with Crippen molar-refractivity contribution in [3.05, 3.63) is 45.6 Å². The number of rotatable bonds is 5. The summed E-state index contributed by atoms with van der Waals surface area (Å²) in [5.41, 5.74) is 0.834. The molecule has 2 rings (SSSR count). The predicted octanol–water partition coefficient (Wildman–Crippen LogP) is 2.46. The molecule has 0 spiro atoms. The zero-order valence-corrected chi connectivity index (χ0v) is 12.8. The smallest absolute Gasteiger partial charge is 0.328 e. The van der Waals surface area contributed by atoms with E-state index in [1.165, 1.54) is 30.0 Å². The van der Waals surface area contributed by atoms with Crippen LogP contribution in [0.2, 0.25) is 0 Å². The van der Waals surface area contributed by atoms with E-state index < -0.39 is 11.0 Å². The summed E-state index contributed by atoms with van der Waals surface area (Å²) in [6.45, 7) is 1.47. The predicted molar refractivity (Wildman–Crippen MR) is 86.4 cm³/mol. The molecule has 1 atom stereocenters. The van der Waals surface area contributed by atoms with Crippen LogP contribution in [0.5, 0.6) is 0 Å². The first-order valence-electron chi connectivity index (χ1n) is 6.07. The molecular weight excluding hydrogens is 308 g/mol. The van der Waals surface area contributed by atoms with Crippen LogP contribution >= 0.6 is 23.1 Å². The highest BCUT2D eigenvalue weighted by Gasteiger charge is 2.29. The normalized spacial score (nSPS) is 21.0. The Balaban J connectivity index is 2.09. The van der Waals surface area contributed by atoms with Crippen LogP contribution in [-0.4, -0.2) is 22.0 Å². The highest BCUT2D eigenvalue weighted by Crippen LogP contribution is 2.29. The molecule has 1 amide bonds. The minimum atomic E-state index is -0.972. The quantitative estimate of drug-likeness (QED) is 0.726. The van der Waals surface area contributed by atoms with Gasteiger partial charge in [-0.2, -0.15) is 0 Å². The van der Waals surface area contributed by atoms with Gasteiger partial charge >= 0.3 is 5.97 Å². The lowest BCUT2D eigenvalue weighted by atomic mass is 10.2. The van der Waals surface area contributed by atoms with Crippen molar-refractivity contribution in [2.45, 2.75) is 11.9 Å². The summed E-state index contributed by atoms with van der Waals surface area (Å²) < 4.78 is 0. The van der Waals surface area contributed by atoms with E-state index in [0.29, 0.717) is 0 Å². The molecule has 1 aliphatic heterocycles. The third kappa shape index (κ3) is 4.51. The summed E-state index contributed by atoms with van der Waals surface area (Å²) in [6.07, 6.45) is 8.19. The lowest BCUT2D eigenvalue weighted by Gasteiger charge is -2.25. The zero-order valence-electron chi connectivity index (χ0n) is 11.2. The second kappa shape index (κ2) is 6.64. The first-order valence-corrected chi connectivity index (χ1v) is 7.83. The molecule has 0 radical (unpaired) electrons. The molecule has 5 nitrogen and oxygen atoms in total. The van der Waals surface area contributed by atoms with Crippen molar-refractivity contribution in [3.8, 4) is 0 Å². The highest BCUT2D eigenvalue weighted by atomic mass is 32.2. The fourth-order valence-electron chi connectivity index (χ4n) is 1.70. The lowest BCUT2D eigenvalue weighted by Crippen LogP contribution is -2.50. The summed E-state index contributed by atoms with van der Waals surface area (Å²) >= 11 is 2.96. The minimum Gasteiger partial charge on any atom is -0.478 e. The van der Waals surface area contributed by atoms with Crippen molar-refractivity contribution in [2.24, 2.45) is 0 Å². The Labute approximate surface area is 130 Å². The van der Waals surface area contributed by atoms with Crippen molar-refractivity contribution < 1.29 is 14.7 Å². The molecule has 0 aliphatic carbocycles. The van der Waals surface area contributed by atoms with Crippen molar-refractivity contribution in [1.29, 1.82) is 0 Å². The Hall–Kier alpha value is -1.99. The molecule has 21 heavy (non-hydrogen) atoms. The number of thioether (sulfide) groups is 1. The standard InChI is InChI=1S/C14H14N2O3S2/c1-10(17)16-14(15-6-7-21-14)5-4-12-8-11(9-20-12)2-3-13(18)19/h2-9,15H,1H3,(H,16,17)(H,18,19).